The van der Waals surface area contributed by atoms with Crippen LogP contribution >= 0.6 is 0 Å². The van der Waals surface area contributed by atoms with Gasteiger partial charge in [-0.05, 0) is 45.6 Å². The molecule has 1 aromatic rings. The molecule has 1 heterocycles. The molecular weight excluding hydrogens is 214 g/mol. The molecule has 3 N–H and O–H groups in total. The second-order valence-corrected chi connectivity index (χ2v) is 5.03. The lowest BCUT2D eigenvalue weighted by Crippen LogP contribution is -2.34. The fraction of sp³-hybridized carbons (Fsp3) is 0.769. The standard InChI is InChI=1S/C13H25N3O/c1-5-12-10(2)15-16(11(12)3)8-6-7-13(4,17)9-14/h17H,5-9,14H2,1-4H3. The van der Waals surface area contributed by atoms with E-state index in [0.29, 0.717) is 13.0 Å². The minimum atomic E-state index is -0.746. The highest BCUT2D eigenvalue weighted by molar-refractivity contribution is 5.24. The second kappa shape index (κ2) is 5.65. The number of aliphatic hydroxyl groups is 1. The van der Waals surface area contributed by atoms with Crippen molar-refractivity contribution in [3.05, 3.63) is 17.0 Å². The SMILES string of the molecule is CCc1c(C)nn(CCCC(C)(O)CN)c1C. The summed E-state index contributed by atoms with van der Waals surface area (Å²) in [4.78, 5) is 0. The zero-order valence-electron chi connectivity index (χ0n) is 11.5. The Morgan fingerprint density at radius 2 is 2.06 bits per heavy atom. The van der Waals surface area contributed by atoms with E-state index in [1.165, 1.54) is 11.3 Å². The molecule has 0 bridgehead atoms. The van der Waals surface area contributed by atoms with Crippen LogP contribution in [-0.2, 0) is 13.0 Å². The van der Waals surface area contributed by atoms with Crippen molar-refractivity contribution < 1.29 is 5.11 Å². The van der Waals surface area contributed by atoms with Gasteiger partial charge in [-0.1, -0.05) is 6.92 Å². The van der Waals surface area contributed by atoms with E-state index in [1.807, 2.05) is 4.68 Å². The van der Waals surface area contributed by atoms with Gasteiger partial charge in [-0.3, -0.25) is 4.68 Å². The molecule has 0 amide bonds. The van der Waals surface area contributed by atoms with E-state index in [1.54, 1.807) is 6.92 Å². The molecule has 0 aliphatic carbocycles. The van der Waals surface area contributed by atoms with Gasteiger partial charge in [0.15, 0.2) is 0 Å². The van der Waals surface area contributed by atoms with Gasteiger partial charge in [0.25, 0.3) is 0 Å². The quantitative estimate of drug-likeness (QED) is 0.791. The molecule has 4 nitrogen and oxygen atoms in total. The Kier molecular flexibility index (Phi) is 4.71. The van der Waals surface area contributed by atoms with Crippen molar-refractivity contribution in [1.29, 1.82) is 0 Å². The maximum atomic E-state index is 9.82. The van der Waals surface area contributed by atoms with Gasteiger partial charge >= 0.3 is 0 Å². The summed E-state index contributed by atoms with van der Waals surface area (Å²) in [5, 5.41) is 14.4. The molecule has 0 saturated carbocycles. The summed E-state index contributed by atoms with van der Waals surface area (Å²) in [6.07, 6.45) is 2.64. The van der Waals surface area contributed by atoms with Crippen LogP contribution in [-0.4, -0.2) is 27.0 Å². The van der Waals surface area contributed by atoms with Crippen LogP contribution < -0.4 is 5.73 Å². The molecule has 0 aliphatic rings. The highest BCUT2D eigenvalue weighted by Crippen LogP contribution is 2.16. The van der Waals surface area contributed by atoms with E-state index < -0.39 is 5.60 Å². The third-order valence-corrected chi connectivity index (χ3v) is 3.41. The minimum absolute atomic E-state index is 0.310. The predicted molar refractivity (Wildman–Crippen MR) is 70.0 cm³/mol. The topological polar surface area (TPSA) is 64.1 Å². The first-order valence-electron chi connectivity index (χ1n) is 6.36. The van der Waals surface area contributed by atoms with E-state index in [-0.39, 0.29) is 0 Å². The number of nitrogens with zero attached hydrogens (tertiary/aromatic N) is 2. The van der Waals surface area contributed by atoms with Gasteiger partial charge < -0.3 is 10.8 Å². The number of hydrogen-bond acceptors (Lipinski definition) is 3. The Morgan fingerprint density at radius 3 is 2.53 bits per heavy atom. The molecule has 17 heavy (non-hydrogen) atoms. The lowest BCUT2D eigenvalue weighted by Gasteiger charge is -2.20. The smallest absolute Gasteiger partial charge is 0.0742 e. The van der Waals surface area contributed by atoms with Crippen molar-refractivity contribution in [1.82, 2.24) is 9.78 Å². The third kappa shape index (κ3) is 3.54. The predicted octanol–water partition coefficient (Wildman–Crippen LogP) is 1.55. The van der Waals surface area contributed by atoms with Crippen LogP contribution in [0.5, 0.6) is 0 Å². The summed E-state index contributed by atoms with van der Waals surface area (Å²) >= 11 is 0. The first kappa shape index (κ1) is 14.2. The van der Waals surface area contributed by atoms with Crippen LogP contribution in [0.25, 0.3) is 0 Å². The van der Waals surface area contributed by atoms with Crippen LogP contribution in [0.3, 0.4) is 0 Å². The van der Waals surface area contributed by atoms with Gasteiger partial charge in [-0.2, -0.15) is 5.10 Å². The van der Waals surface area contributed by atoms with Crippen molar-refractivity contribution in [2.24, 2.45) is 5.73 Å². The minimum Gasteiger partial charge on any atom is -0.389 e. The van der Waals surface area contributed by atoms with Crippen LogP contribution in [0.2, 0.25) is 0 Å². The molecule has 1 atom stereocenters. The Balaban J connectivity index is 2.59. The summed E-state index contributed by atoms with van der Waals surface area (Å²) in [5.74, 6) is 0. The van der Waals surface area contributed by atoms with Gasteiger partial charge in [-0.15, -0.1) is 0 Å². The van der Waals surface area contributed by atoms with E-state index in [9.17, 15) is 5.11 Å². The molecule has 1 unspecified atom stereocenters. The van der Waals surface area contributed by atoms with Gasteiger partial charge in [0, 0.05) is 18.8 Å². The fourth-order valence-corrected chi connectivity index (χ4v) is 2.18. The first-order valence-corrected chi connectivity index (χ1v) is 6.36. The van der Waals surface area contributed by atoms with E-state index >= 15 is 0 Å². The molecule has 0 saturated heterocycles. The molecule has 0 fully saturated rings. The molecule has 1 aromatic heterocycles. The average molecular weight is 239 g/mol. The molecule has 1 rings (SSSR count). The summed E-state index contributed by atoms with van der Waals surface area (Å²) in [7, 11) is 0. The Bertz CT molecular complexity index is 369. The van der Waals surface area contributed by atoms with E-state index in [0.717, 1.165) is 25.1 Å². The van der Waals surface area contributed by atoms with Crippen LogP contribution in [0.4, 0.5) is 0 Å². The van der Waals surface area contributed by atoms with Crippen LogP contribution in [0.1, 0.15) is 43.6 Å². The molecule has 0 aromatic carbocycles. The molecule has 4 heteroatoms. The Labute approximate surface area is 104 Å². The highest BCUT2D eigenvalue weighted by atomic mass is 16.3. The lowest BCUT2D eigenvalue weighted by atomic mass is 10.0. The average Bonchev–Trinajstić information content (AvgIpc) is 2.54. The monoisotopic (exact) mass is 239 g/mol. The molecule has 0 radical (unpaired) electrons. The van der Waals surface area contributed by atoms with Gasteiger partial charge in [0.2, 0.25) is 0 Å². The maximum absolute atomic E-state index is 9.82. The zero-order valence-corrected chi connectivity index (χ0v) is 11.5. The Hall–Kier alpha value is -0.870. The second-order valence-electron chi connectivity index (χ2n) is 5.03. The largest absolute Gasteiger partial charge is 0.389 e. The summed E-state index contributed by atoms with van der Waals surface area (Å²) in [6.45, 7) is 9.26. The van der Waals surface area contributed by atoms with Crippen molar-refractivity contribution in [3.63, 3.8) is 0 Å². The Morgan fingerprint density at radius 1 is 1.41 bits per heavy atom. The van der Waals surface area contributed by atoms with Crippen molar-refractivity contribution in [2.45, 2.75) is 59.1 Å². The first-order chi connectivity index (χ1) is 7.91. The van der Waals surface area contributed by atoms with E-state index in [4.69, 9.17) is 5.73 Å². The van der Waals surface area contributed by atoms with Crippen LogP contribution in [0.15, 0.2) is 0 Å². The normalized spacial score (nSPS) is 14.9. The summed E-state index contributed by atoms with van der Waals surface area (Å²) in [5.41, 5.74) is 8.46. The van der Waals surface area contributed by atoms with E-state index in [2.05, 4.69) is 25.9 Å². The molecule has 0 aliphatic heterocycles. The summed E-state index contributed by atoms with van der Waals surface area (Å²) in [6, 6.07) is 0. The van der Waals surface area contributed by atoms with Crippen molar-refractivity contribution in [2.75, 3.05) is 6.54 Å². The number of nitrogens with two attached hydrogens (primary N) is 1. The number of aryl methyl sites for hydroxylation is 2. The van der Waals surface area contributed by atoms with Gasteiger partial charge in [0.1, 0.15) is 0 Å². The van der Waals surface area contributed by atoms with Gasteiger partial charge in [0.05, 0.1) is 11.3 Å². The molecule has 98 valence electrons. The highest BCUT2D eigenvalue weighted by Gasteiger charge is 2.17. The lowest BCUT2D eigenvalue weighted by molar-refractivity contribution is 0.0563. The van der Waals surface area contributed by atoms with Crippen molar-refractivity contribution in [3.8, 4) is 0 Å². The van der Waals surface area contributed by atoms with Gasteiger partial charge in [-0.25, -0.2) is 0 Å². The van der Waals surface area contributed by atoms with Crippen LogP contribution in [0, 0.1) is 13.8 Å². The number of rotatable bonds is 6. The fourth-order valence-electron chi connectivity index (χ4n) is 2.18. The molecule has 0 spiro atoms. The summed E-state index contributed by atoms with van der Waals surface area (Å²) < 4.78 is 2.04. The van der Waals surface area contributed by atoms with Crippen molar-refractivity contribution >= 4 is 0 Å². The maximum Gasteiger partial charge on any atom is 0.0742 e. The number of hydrogen-bond donors (Lipinski definition) is 2. The zero-order chi connectivity index (χ0) is 13.1. The molecular formula is C13H25N3O. The number of aromatic nitrogens is 2. The third-order valence-electron chi connectivity index (χ3n) is 3.41.